The molecule has 2 N–H and O–H groups in total. The minimum Gasteiger partial charge on any atom is -0.357 e. The molecule has 5 nitrogen and oxygen atoms in total. The standard InChI is InChI=1S/C16H20F3N5.HI/c1-2-20-15(21-10-8-16(17,18)19)22-12-13-6-3-4-7-14(13)24-11-5-9-23-24;/h3-7,9,11H,2,8,10,12H2,1H3,(H2,20,21,22);1H. The Hall–Kier alpha value is -1.78. The van der Waals surface area contributed by atoms with Crippen LogP contribution in [0.2, 0.25) is 0 Å². The minimum atomic E-state index is -4.18. The van der Waals surface area contributed by atoms with E-state index in [1.807, 2.05) is 43.5 Å². The first-order valence-electron chi connectivity index (χ1n) is 7.66. The predicted molar refractivity (Wildman–Crippen MR) is 102 cm³/mol. The van der Waals surface area contributed by atoms with Gasteiger partial charge in [-0.25, -0.2) is 9.67 Å². The lowest BCUT2D eigenvalue weighted by Crippen LogP contribution is -2.38. The molecule has 0 aliphatic rings. The van der Waals surface area contributed by atoms with Crippen molar-refractivity contribution in [1.82, 2.24) is 20.4 Å². The fraction of sp³-hybridized carbons (Fsp3) is 0.375. The maximum absolute atomic E-state index is 12.2. The zero-order valence-corrected chi connectivity index (χ0v) is 16.1. The molecule has 0 spiro atoms. The normalized spacial score (nSPS) is 11.8. The van der Waals surface area contributed by atoms with Crippen LogP contribution in [0.4, 0.5) is 13.2 Å². The molecular formula is C16H21F3IN5. The van der Waals surface area contributed by atoms with Gasteiger partial charge in [-0.1, -0.05) is 18.2 Å². The summed E-state index contributed by atoms with van der Waals surface area (Å²) in [6.45, 7) is 2.55. The Morgan fingerprint density at radius 3 is 2.60 bits per heavy atom. The van der Waals surface area contributed by atoms with Crippen LogP contribution in [0, 0.1) is 0 Å². The quantitative estimate of drug-likeness (QED) is 0.389. The van der Waals surface area contributed by atoms with Crippen molar-refractivity contribution in [2.75, 3.05) is 13.1 Å². The molecule has 0 unspecified atom stereocenters. The maximum atomic E-state index is 12.2. The monoisotopic (exact) mass is 467 g/mol. The van der Waals surface area contributed by atoms with Gasteiger partial charge in [0.25, 0.3) is 0 Å². The second-order valence-electron chi connectivity index (χ2n) is 5.07. The number of aliphatic imine (C=N–C) groups is 1. The Labute approximate surface area is 161 Å². The lowest BCUT2D eigenvalue weighted by molar-refractivity contribution is -0.132. The van der Waals surface area contributed by atoms with Gasteiger partial charge in [-0.3, -0.25) is 0 Å². The Balaban J connectivity index is 0.00000312. The van der Waals surface area contributed by atoms with Crippen LogP contribution in [0.5, 0.6) is 0 Å². The first-order chi connectivity index (χ1) is 11.5. The van der Waals surface area contributed by atoms with Gasteiger partial charge in [0.2, 0.25) is 0 Å². The lowest BCUT2D eigenvalue weighted by Gasteiger charge is -2.13. The van der Waals surface area contributed by atoms with Crippen molar-refractivity contribution in [1.29, 1.82) is 0 Å². The molecular weight excluding hydrogens is 446 g/mol. The Kier molecular flexibility index (Phi) is 8.73. The summed E-state index contributed by atoms with van der Waals surface area (Å²) in [5.41, 5.74) is 1.81. The van der Waals surface area contributed by atoms with Gasteiger partial charge in [0.05, 0.1) is 18.7 Å². The van der Waals surface area contributed by atoms with E-state index in [1.165, 1.54) is 0 Å². The summed E-state index contributed by atoms with van der Waals surface area (Å²) < 4.78 is 38.5. The van der Waals surface area contributed by atoms with Gasteiger partial charge in [-0.15, -0.1) is 24.0 Å². The van der Waals surface area contributed by atoms with Crippen LogP contribution in [0.15, 0.2) is 47.7 Å². The van der Waals surface area contributed by atoms with Gasteiger partial charge in [0.15, 0.2) is 5.96 Å². The number of guanidine groups is 1. The molecule has 0 amide bonds. The van der Waals surface area contributed by atoms with Crippen molar-refractivity contribution in [3.05, 3.63) is 48.3 Å². The molecule has 0 radical (unpaired) electrons. The molecule has 0 saturated carbocycles. The molecule has 25 heavy (non-hydrogen) atoms. The predicted octanol–water partition coefficient (Wildman–Crippen LogP) is 3.50. The first-order valence-corrected chi connectivity index (χ1v) is 7.66. The van der Waals surface area contributed by atoms with E-state index in [-0.39, 0.29) is 30.5 Å². The highest BCUT2D eigenvalue weighted by atomic mass is 127. The highest BCUT2D eigenvalue weighted by Gasteiger charge is 2.26. The third kappa shape index (κ3) is 7.32. The zero-order valence-electron chi connectivity index (χ0n) is 13.8. The molecule has 138 valence electrons. The summed E-state index contributed by atoms with van der Waals surface area (Å²) in [6.07, 6.45) is -1.57. The van der Waals surface area contributed by atoms with Crippen LogP contribution >= 0.6 is 24.0 Å². The number of rotatable bonds is 6. The van der Waals surface area contributed by atoms with Crippen LogP contribution in [0.1, 0.15) is 18.9 Å². The van der Waals surface area contributed by atoms with E-state index in [9.17, 15) is 13.2 Å². The topological polar surface area (TPSA) is 54.2 Å². The van der Waals surface area contributed by atoms with Gasteiger partial charge >= 0.3 is 6.18 Å². The summed E-state index contributed by atoms with van der Waals surface area (Å²) in [6, 6.07) is 9.45. The number of aromatic nitrogens is 2. The number of halogens is 4. The SMILES string of the molecule is CCNC(=NCc1ccccc1-n1cccn1)NCCC(F)(F)F.I. The molecule has 9 heteroatoms. The van der Waals surface area contributed by atoms with Crippen LogP contribution in [0.25, 0.3) is 5.69 Å². The molecule has 1 aromatic carbocycles. The number of hydrogen-bond acceptors (Lipinski definition) is 2. The summed E-state index contributed by atoms with van der Waals surface area (Å²) in [4.78, 5) is 4.36. The van der Waals surface area contributed by atoms with Crippen molar-refractivity contribution in [2.24, 2.45) is 4.99 Å². The fourth-order valence-corrected chi connectivity index (χ4v) is 2.11. The minimum absolute atomic E-state index is 0. The highest BCUT2D eigenvalue weighted by Crippen LogP contribution is 2.18. The van der Waals surface area contributed by atoms with Crippen LogP contribution < -0.4 is 10.6 Å². The Bertz CT molecular complexity index is 656. The second kappa shape index (κ2) is 10.3. The Morgan fingerprint density at radius 1 is 1.20 bits per heavy atom. The smallest absolute Gasteiger partial charge is 0.357 e. The molecule has 0 saturated heterocycles. The number of alkyl halides is 3. The third-order valence-electron chi connectivity index (χ3n) is 3.20. The molecule has 0 aliphatic carbocycles. The van der Waals surface area contributed by atoms with E-state index in [0.717, 1.165) is 11.3 Å². The van der Waals surface area contributed by atoms with E-state index >= 15 is 0 Å². The number of nitrogens with zero attached hydrogens (tertiary/aromatic N) is 3. The van der Waals surface area contributed by atoms with Crippen LogP contribution in [-0.2, 0) is 6.54 Å². The summed E-state index contributed by atoms with van der Waals surface area (Å²) in [5, 5.41) is 9.84. The van der Waals surface area contributed by atoms with E-state index in [4.69, 9.17) is 0 Å². The average molecular weight is 467 g/mol. The number of nitrogens with one attached hydrogen (secondary N) is 2. The maximum Gasteiger partial charge on any atom is 0.390 e. The Morgan fingerprint density at radius 2 is 1.96 bits per heavy atom. The molecule has 0 aliphatic heterocycles. The first kappa shape index (κ1) is 21.3. The van der Waals surface area contributed by atoms with E-state index in [0.29, 0.717) is 19.0 Å². The van der Waals surface area contributed by atoms with Gasteiger partial charge in [-0.2, -0.15) is 18.3 Å². The van der Waals surface area contributed by atoms with Crippen LogP contribution in [0.3, 0.4) is 0 Å². The summed E-state index contributed by atoms with van der Waals surface area (Å²) >= 11 is 0. The largest absolute Gasteiger partial charge is 0.390 e. The van der Waals surface area contributed by atoms with Gasteiger partial charge in [0, 0.05) is 25.5 Å². The van der Waals surface area contributed by atoms with E-state index in [2.05, 4.69) is 20.7 Å². The molecule has 1 aromatic heterocycles. The van der Waals surface area contributed by atoms with Gasteiger partial charge in [-0.05, 0) is 24.6 Å². The lowest BCUT2D eigenvalue weighted by atomic mass is 10.2. The average Bonchev–Trinajstić information content (AvgIpc) is 3.06. The number of hydrogen-bond donors (Lipinski definition) is 2. The number of benzene rings is 1. The fourth-order valence-electron chi connectivity index (χ4n) is 2.11. The van der Waals surface area contributed by atoms with Gasteiger partial charge in [0.1, 0.15) is 0 Å². The van der Waals surface area contributed by atoms with Crippen molar-refractivity contribution in [3.8, 4) is 5.69 Å². The van der Waals surface area contributed by atoms with Crippen molar-refractivity contribution in [2.45, 2.75) is 26.1 Å². The molecule has 1 heterocycles. The zero-order chi connectivity index (χ0) is 17.4. The van der Waals surface area contributed by atoms with Crippen molar-refractivity contribution < 1.29 is 13.2 Å². The van der Waals surface area contributed by atoms with Crippen molar-refractivity contribution >= 4 is 29.9 Å². The van der Waals surface area contributed by atoms with Crippen LogP contribution in [-0.4, -0.2) is 35.0 Å². The number of para-hydroxylation sites is 1. The molecule has 2 aromatic rings. The molecule has 0 atom stereocenters. The van der Waals surface area contributed by atoms with E-state index in [1.54, 1.807) is 10.9 Å². The molecule has 0 fully saturated rings. The molecule has 0 bridgehead atoms. The molecule has 2 rings (SSSR count). The summed E-state index contributed by atoms with van der Waals surface area (Å²) in [5.74, 6) is 0.358. The van der Waals surface area contributed by atoms with Crippen molar-refractivity contribution in [3.63, 3.8) is 0 Å². The summed E-state index contributed by atoms with van der Waals surface area (Å²) in [7, 11) is 0. The highest BCUT2D eigenvalue weighted by molar-refractivity contribution is 14.0. The third-order valence-corrected chi connectivity index (χ3v) is 3.20. The van der Waals surface area contributed by atoms with Gasteiger partial charge < -0.3 is 10.6 Å². The van der Waals surface area contributed by atoms with E-state index < -0.39 is 12.6 Å². The second-order valence-corrected chi connectivity index (χ2v) is 5.07.